The van der Waals surface area contributed by atoms with E-state index in [-0.39, 0.29) is 23.8 Å². The van der Waals surface area contributed by atoms with Crippen LogP contribution in [0.3, 0.4) is 0 Å². The number of benzene rings is 2. The molecule has 0 aliphatic rings. The lowest BCUT2D eigenvalue weighted by atomic mass is 10.2. The maximum absolute atomic E-state index is 14.0. The molecule has 0 atom stereocenters. The highest BCUT2D eigenvalue weighted by Crippen LogP contribution is 2.27. The van der Waals surface area contributed by atoms with Gasteiger partial charge in [-0.05, 0) is 37.6 Å². The zero-order valence-electron chi connectivity index (χ0n) is 15.9. The Hall–Kier alpha value is -3.32. The predicted molar refractivity (Wildman–Crippen MR) is 113 cm³/mol. The molecule has 1 N–H and O–H groups in total. The number of hydrogen-bond donors (Lipinski definition) is 1. The van der Waals surface area contributed by atoms with Crippen LogP contribution in [0.15, 0.2) is 59.7 Å². The highest BCUT2D eigenvalue weighted by atomic mass is 32.1. The number of nitrogens with zero attached hydrogens (tertiary/aromatic N) is 2. The number of carbonyl (C=O) groups is 1. The number of anilines is 1. The fourth-order valence-corrected chi connectivity index (χ4v) is 4.16. The van der Waals surface area contributed by atoms with Crippen LogP contribution in [-0.4, -0.2) is 15.5 Å². The van der Waals surface area contributed by atoms with Crippen molar-refractivity contribution in [2.75, 3.05) is 5.32 Å². The normalized spacial score (nSPS) is 11.0. The number of fused-ring (bicyclic) bond motifs is 1. The van der Waals surface area contributed by atoms with Gasteiger partial charge in [-0.2, -0.15) is 0 Å². The van der Waals surface area contributed by atoms with Crippen LogP contribution < -0.4 is 10.9 Å². The topological polar surface area (TPSA) is 64.0 Å². The smallest absolute Gasteiger partial charge is 0.266 e. The summed E-state index contributed by atoms with van der Waals surface area (Å²) in [6.07, 6.45) is 1.40. The van der Waals surface area contributed by atoms with Crippen LogP contribution in [0.1, 0.15) is 26.4 Å². The van der Waals surface area contributed by atoms with Crippen LogP contribution in [-0.2, 0) is 6.54 Å². The quantitative estimate of drug-likeness (QED) is 0.541. The van der Waals surface area contributed by atoms with Crippen molar-refractivity contribution in [2.24, 2.45) is 0 Å². The summed E-state index contributed by atoms with van der Waals surface area (Å²) < 4.78 is 15.3. The Bertz CT molecular complexity index is 1280. The molecule has 4 rings (SSSR count). The number of halogens is 1. The van der Waals surface area contributed by atoms with Gasteiger partial charge in [-0.1, -0.05) is 35.9 Å². The van der Waals surface area contributed by atoms with Gasteiger partial charge in [0, 0.05) is 11.3 Å². The van der Waals surface area contributed by atoms with Gasteiger partial charge >= 0.3 is 0 Å². The minimum absolute atomic E-state index is 0.0780. The van der Waals surface area contributed by atoms with Gasteiger partial charge in [-0.25, -0.2) is 9.37 Å². The summed E-state index contributed by atoms with van der Waals surface area (Å²) in [4.78, 5) is 31.0. The molecule has 0 radical (unpaired) electrons. The number of rotatable bonds is 4. The molecule has 146 valence electrons. The molecule has 29 heavy (non-hydrogen) atoms. The molecule has 0 saturated heterocycles. The standard InChI is InChI=1S/C22H18FN3O2S/c1-13-7-9-16(10-8-13)25-20(27)19-14(2)18-21(29-19)24-12-26(22(18)28)11-15-5-3-4-6-17(15)23/h3-10,12H,11H2,1-2H3,(H,25,27). The molecule has 4 aromatic rings. The summed E-state index contributed by atoms with van der Waals surface area (Å²) in [6, 6.07) is 13.8. The van der Waals surface area contributed by atoms with E-state index in [4.69, 9.17) is 0 Å². The lowest BCUT2D eigenvalue weighted by Gasteiger charge is -2.06. The van der Waals surface area contributed by atoms with E-state index in [1.54, 1.807) is 25.1 Å². The molecule has 0 saturated carbocycles. The van der Waals surface area contributed by atoms with Gasteiger partial charge in [0.25, 0.3) is 11.5 Å². The zero-order chi connectivity index (χ0) is 20.5. The Balaban J connectivity index is 1.69. The molecule has 2 aromatic heterocycles. The molecular formula is C22H18FN3O2S. The lowest BCUT2D eigenvalue weighted by Crippen LogP contribution is -2.21. The van der Waals surface area contributed by atoms with Crippen molar-refractivity contribution < 1.29 is 9.18 Å². The SMILES string of the molecule is Cc1ccc(NC(=O)c2sc3ncn(Cc4ccccc4F)c(=O)c3c2C)cc1. The summed E-state index contributed by atoms with van der Waals surface area (Å²) in [5.74, 6) is -0.658. The number of nitrogens with one attached hydrogen (secondary N) is 1. The molecule has 1 amide bonds. The van der Waals surface area contributed by atoms with Crippen molar-refractivity contribution in [3.05, 3.63) is 92.6 Å². The highest BCUT2D eigenvalue weighted by molar-refractivity contribution is 7.20. The van der Waals surface area contributed by atoms with E-state index in [0.29, 0.717) is 31.9 Å². The molecule has 0 unspecified atom stereocenters. The fraction of sp³-hybridized carbons (Fsp3) is 0.136. The second-order valence-electron chi connectivity index (χ2n) is 6.83. The number of thiophene rings is 1. The predicted octanol–water partition coefficient (Wildman–Crippen LogP) is 4.51. The van der Waals surface area contributed by atoms with Crippen LogP contribution >= 0.6 is 11.3 Å². The number of aromatic nitrogens is 2. The maximum atomic E-state index is 14.0. The Morgan fingerprint density at radius 2 is 1.86 bits per heavy atom. The average molecular weight is 407 g/mol. The molecule has 7 heteroatoms. The second-order valence-corrected chi connectivity index (χ2v) is 7.82. The third kappa shape index (κ3) is 3.69. The van der Waals surface area contributed by atoms with Crippen LogP contribution in [0.25, 0.3) is 10.2 Å². The van der Waals surface area contributed by atoms with Crippen molar-refractivity contribution in [1.29, 1.82) is 0 Å². The van der Waals surface area contributed by atoms with E-state index in [1.165, 1.54) is 28.3 Å². The number of hydrogen-bond acceptors (Lipinski definition) is 4. The minimum atomic E-state index is -0.375. The van der Waals surface area contributed by atoms with Gasteiger partial charge in [0.2, 0.25) is 0 Å². The van der Waals surface area contributed by atoms with E-state index in [1.807, 2.05) is 31.2 Å². The van der Waals surface area contributed by atoms with Crippen molar-refractivity contribution in [1.82, 2.24) is 9.55 Å². The molecule has 0 fully saturated rings. The van der Waals surface area contributed by atoms with Gasteiger partial charge in [0.1, 0.15) is 10.6 Å². The third-order valence-corrected chi connectivity index (χ3v) is 5.93. The molecule has 2 heterocycles. The third-order valence-electron chi connectivity index (χ3n) is 4.73. The first-order chi connectivity index (χ1) is 13.9. The maximum Gasteiger partial charge on any atom is 0.266 e. The first kappa shape index (κ1) is 19.0. The van der Waals surface area contributed by atoms with Crippen LogP contribution in [0.4, 0.5) is 10.1 Å². The summed E-state index contributed by atoms with van der Waals surface area (Å²) in [5, 5.41) is 3.25. The Kier molecular flexibility index (Phi) is 4.98. The number of carbonyl (C=O) groups excluding carboxylic acids is 1. The van der Waals surface area contributed by atoms with Gasteiger partial charge < -0.3 is 5.32 Å². The van der Waals surface area contributed by atoms with Crippen LogP contribution in [0, 0.1) is 19.7 Å². The second kappa shape index (κ2) is 7.60. The molecule has 0 spiro atoms. The van der Waals surface area contributed by atoms with Gasteiger partial charge in [-0.15, -0.1) is 11.3 Å². The minimum Gasteiger partial charge on any atom is -0.321 e. The van der Waals surface area contributed by atoms with Crippen LogP contribution in [0.2, 0.25) is 0 Å². The largest absolute Gasteiger partial charge is 0.321 e. The molecule has 2 aromatic carbocycles. The lowest BCUT2D eigenvalue weighted by molar-refractivity contribution is 0.103. The first-order valence-corrected chi connectivity index (χ1v) is 9.85. The summed E-state index contributed by atoms with van der Waals surface area (Å²) in [5.41, 5.74) is 2.47. The van der Waals surface area contributed by atoms with E-state index in [2.05, 4.69) is 10.3 Å². The summed E-state index contributed by atoms with van der Waals surface area (Å²) >= 11 is 1.18. The zero-order valence-corrected chi connectivity index (χ0v) is 16.7. The van der Waals surface area contributed by atoms with Gasteiger partial charge in [0.15, 0.2) is 0 Å². The molecule has 5 nitrogen and oxygen atoms in total. The summed E-state index contributed by atoms with van der Waals surface area (Å²) in [6.45, 7) is 3.79. The van der Waals surface area contributed by atoms with Crippen LogP contribution in [0.5, 0.6) is 0 Å². The van der Waals surface area contributed by atoms with Crippen molar-refractivity contribution in [3.8, 4) is 0 Å². The number of amides is 1. The average Bonchev–Trinajstić information content (AvgIpc) is 3.05. The van der Waals surface area contributed by atoms with E-state index >= 15 is 0 Å². The summed E-state index contributed by atoms with van der Waals surface area (Å²) in [7, 11) is 0. The molecular weight excluding hydrogens is 389 g/mol. The van der Waals surface area contributed by atoms with E-state index in [0.717, 1.165) is 5.56 Å². The Labute approximate surface area is 170 Å². The van der Waals surface area contributed by atoms with Crippen molar-refractivity contribution in [3.63, 3.8) is 0 Å². The van der Waals surface area contributed by atoms with Gasteiger partial charge in [0.05, 0.1) is 23.1 Å². The molecule has 0 bridgehead atoms. The number of aryl methyl sites for hydroxylation is 2. The van der Waals surface area contributed by atoms with Gasteiger partial charge in [-0.3, -0.25) is 14.2 Å². The Morgan fingerprint density at radius 1 is 1.14 bits per heavy atom. The van der Waals surface area contributed by atoms with Crippen molar-refractivity contribution >= 4 is 33.1 Å². The Morgan fingerprint density at radius 3 is 2.59 bits per heavy atom. The highest BCUT2D eigenvalue weighted by Gasteiger charge is 2.20. The first-order valence-electron chi connectivity index (χ1n) is 9.04. The monoisotopic (exact) mass is 407 g/mol. The van der Waals surface area contributed by atoms with E-state index < -0.39 is 0 Å². The van der Waals surface area contributed by atoms with Crippen molar-refractivity contribution in [2.45, 2.75) is 20.4 Å². The molecule has 0 aliphatic heterocycles. The van der Waals surface area contributed by atoms with E-state index in [9.17, 15) is 14.0 Å². The fourth-order valence-electron chi connectivity index (χ4n) is 3.12. The molecule has 0 aliphatic carbocycles.